The van der Waals surface area contributed by atoms with Gasteiger partial charge in [-0.3, -0.25) is 0 Å². The van der Waals surface area contributed by atoms with Gasteiger partial charge in [0, 0.05) is 10.7 Å². The van der Waals surface area contributed by atoms with Crippen molar-refractivity contribution in [3.63, 3.8) is 0 Å². The first-order valence-electron chi connectivity index (χ1n) is 4.86. The van der Waals surface area contributed by atoms with Crippen molar-refractivity contribution in [2.45, 2.75) is 34.1 Å². The molecule has 0 aliphatic heterocycles. The lowest BCUT2D eigenvalue weighted by Crippen LogP contribution is -1.87. The highest BCUT2D eigenvalue weighted by Gasteiger charge is 2.00. The van der Waals surface area contributed by atoms with Crippen LogP contribution in [0.2, 0.25) is 0 Å². The second-order valence-electron chi connectivity index (χ2n) is 2.30. The number of hydrogen-bond donors (Lipinski definition) is 0. The van der Waals surface area contributed by atoms with Gasteiger partial charge < -0.3 is 0 Å². The summed E-state index contributed by atoms with van der Waals surface area (Å²) >= 11 is 3.01. The average molecular weight is 275 g/mol. The summed E-state index contributed by atoms with van der Waals surface area (Å²) in [6.07, 6.45) is 2.63. The zero-order chi connectivity index (χ0) is 12.3. The third kappa shape index (κ3) is 8.07. The van der Waals surface area contributed by atoms with E-state index in [2.05, 4.69) is 34.8 Å². The molecule has 1 aromatic heterocycles. The normalized spacial score (nSPS) is 7.53. The van der Waals surface area contributed by atoms with E-state index in [-0.39, 0.29) is 5.69 Å². The zero-order valence-corrected chi connectivity index (χ0v) is 11.1. The molecule has 0 N–H and O–H groups in total. The monoisotopic (exact) mass is 274 g/mol. The molecule has 15 heavy (non-hydrogen) atoms. The van der Waals surface area contributed by atoms with Gasteiger partial charge in [-0.05, 0) is 22.0 Å². The van der Waals surface area contributed by atoms with Gasteiger partial charge in [-0.25, -0.2) is 9.37 Å². The first-order valence-corrected chi connectivity index (χ1v) is 5.66. The van der Waals surface area contributed by atoms with Crippen LogP contribution in [0, 0.1) is 17.1 Å². The number of nitrogens with zero attached hydrogens (tertiary/aromatic N) is 2. The molecule has 0 unspecified atom stereocenters. The van der Waals surface area contributed by atoms with Crippen molar-refractivity contribution in [3.05, 3.63) is 28.2 Å². The van der Waals surface area contributed by atoms with E-state index in [0.29, 0.717) is 4.47 Å². The number of aromatic nitrogens is 1. The molecule has 0 atom stereocenters. The Hall–Kier alpha value is -0.950. The molecule has 2 nitrogen and oxygen atoms in total. The lowest BCUT2D eigenvalue weighted by molar-refractivity contribution is 0.615. The first-order chi connectivity index (χ1) is 7.15. The molecule has 0 bridgehead atoms. The maximum atomic E-state index is 12.5. The van der Waals surface area contributed by atoms with Crippen LogP contribution in [0.1, 0.15) is 39.8 Å². The Labute approximate surface area is 99.3 Å². The first kappa shape index (κ1) is 16.5. The van der Waals surface area contributed by atoms with E-state index in [4.69, 9.17) is 5.26 Å². The molecule has 1 aromatic rings. The third-order valence-corrected chi connectivity index (χ3v) is 1.35. The van der Waals surface area contributed by atoms with Gasteiger partial charge in [-0.15, -0.1) is 0 Å². The summed E-state index contributed by atoms with van der Waals surface area (Å²) in [5.74, 6) is -0.600. The van der Waals surface area contributed by atoms with Crippen LogP contribution in [0.5, 0.6) is 0 Å². The van der Waals surface area contributed by atoms with Crippen molar-refractivity contribution >= 4 is 15.9 Å². The van der Waals surface area contributed by atoms with Crippen molar-refractivity contribution < 1.29 is 4.39 Å². The quantitative estimate of drug-likeness (QED) is 0.707. The number of rotatable bonds is 0. The van der Waals surface area contributed by atoms with Gasteiger partial charge in [-0.2, -0.15) is 5.26 Å². The molecule has 4 heteroatoms. The molecule has 0 saturated carbocycles. The Morgan fingerprint density at radius 2 is 1.93 bits per heavy atom. The second kappa shape index (κ2) is 11.1. The molecular weight excluding hydrogens is 259 g/mol. The summed E-state index contributed by atoms with van der Waals surface area (Å²) in [4.78, 5) is 3.51. The minimum absolute atomic E-state index is 0.178. The molecule has 0 fully saturated rings. The summed E-state index contributed by atoms with van der Waals surface area (Å²) in [7, 11) is 0. The van der Waals surface area contributed by atoms with E-state index in [1.807, 2.05) is 13.8 Å². The number of halogens is 2. The molecule has 0 radical (unpaired) electrons. The lowest BCUT2D eigenvalue weighted by Gasteiger charge is -1.90. The number of pyridine rings is 1. The van der Waals surface area contributed by atoms with Gasteiger partial charge in [0.25, 0.3) is 0 Å². The Kier molecular flexibility index (Phi) is 12.2. The highest BCUT2D eigenvalue weighted by molar-refractivity contribution is 9.10. The lowest BCUT2D eigenvalue weighted by atomic mass is 10.4. The van der Waals surface area contributed by atoms with Crippen LogP contribution in [-0.4, -0.2) is 4.98 Å². The van der Waals surface area contributed by atoms with Gasteiger partial charge >= 0.3 is 0 Å². The number of nitriles is 1. The molecule has 0 amide bonds. The van der Waals surface area contributed by atoms with Crippen molar-refractivity contribution in [1.82, 2.24) is 4.98 Å². The van der Waals surface area contributed by atoms with Crippen LogP contribution < -0.4 is 0 Å². The molecular formula is C11H16BrFN2. The molecule has 0 aliphatic carbocycles. The summed E-state index contributed by atoms with van der Waals surface area (Å²) in [6, 6.07) is 2.82. The Bertz CT molecular complexity index is 308. The van der Waals surface area contributed by atoms with Crippen LogP contribution in [-0.2, 0) is 0 Å². The molecule has 0 aliphatic rings. The van der Waals surface area contributed by atoms with Crippen molar-refractivity contribution in [1.29, 1.82) is 5.26 Å². The standard InChI is InChI=1S/C6H2BrFN2.C3H8.C2H6/c7-4-1-5(8)6(2-9)10-3-4;1-3-2;1-2/h1,3H;3H2,1-2H3;1-2H3. The van der Waals surface area contributed by atoms with E-state index in [1.54, 1.807) is 6.07 Å². The molecule has 0 saturated heterocycles. The average Bonchev–Trinajstić information content (AvgIpc) is 2.22. The molecule has 0 spiro atoms. The number of hydrogen-bond acceptors (Lipinski definition) is 2. The molecule has 1 rings (SSSR count). The maximum absolute atomic E-state index is 12.5. The fourth-order valence-corrected chi connectivity index (χ4v) is 0.800. The predicted molar refractivity (Wildman–Crippen MR) is 63.9 cm³/mol. The van der Waals surface area contributed by atoms with E-state index >= 15 is 0 Å². The summed E-state index contributed by atoms with van der Waals surface area (Å²) in [5, 5.41) is 8.24. The highest BCUT2D eigenvalue weighted by Crippen LogP contribution is 2.10. The molecule has 84 valence electrons. The Balaban J connectivity index is 0. The van der Waals surface area contributed by atoms with Crippen molar-refractivity contribution in [3.8, 4) is 6.07 Å². The third-order valence-electron chi connectivity index (χ3n) is 0.914. The van der Waals surface area contributed by atoms with Crippen molar-refractivity contribution in [2.24, 2.45) is 0 Å². The maximum Gasteiger partial charge on any atom is 0.176 e. The summed E-state index contributed by atoms with van der Waals surface area (Å²) in [6.45, 7) is 8.25. The van der Waals surface area contributed by atoms with E-state index in [9.17, 15) is 4.39 Å². The fraction of sp³-hybridized carbons (Fsp3) is 0.455. The topological polar surface area (TPSA) is 36.7 Å². The van der Waals surface area contributed by atoms with Crippen LogP contribution in [0.25, 0.3) is 0 Å². The van der Waals surface area contributed by atoms with Gasteiger partial charge in [0.05, 0.1) is 0 Å². The van der Waals surface area contributed by atoms with Gasteiger partial charge in [0.1, 0.15) is 6.07 Å². The smallest absolute Gasteiger partial charge is 0.176 e. The van der Waals surface area contributed by atoms with E-state index in [1.165, 1.54) is 18.7 Å². The van der Waals surface area contributed by atoms with Gasteiger partial charge in [0.15, 0.2) is 11.5 Å². The van der Waals surface area contributed by atoms with Gasteiger partial charge in [0.2, 0.25) is 0 Å². The van der Waals surface area contributed by atoms with E-state index < -0.39 is 5.82 Å². The highest BCUT2D eigenvalue weighted by atomic mass is 79.9. The minimum atomic E-state index is -0.600. The van der Waals surface area contributed by atoms with Gasteiger partial charge in [-0.1, -0.05) is 34.1 Å². The SMILES string of the molecule is CC.CCC.N#Cc1ncc(Br)cc1F. The second-order valence-corrected chi connectivity index (χ2v) is 3.22. The van der Waals surface area contributed by atoms with Crippen LogP contribution in [0.4, 0.5) is 4.39 Å². The molecule has 0 aromatic carbocycles. The van der Waals surface area contributed by atoms with Crippen molar-refractivity contribution in [2.75, 3.05) is 0 Å². The molecule has 1 heterocycles. The summed E-state index contributed by atoms with van der Waals surface area (Å²) in [5.41, 5.74) is -0.178. The Morgan fingerprint density at radius 1 is 1.47 bits per heavy atom. The minimum Gasteiger partial charge on any atom is -0.241 e. The Morgan fingerprint density at radius 3 is 2.27 bits per heavy atom. The van der Waals surface area contributed by atoms with E-state index in [0.717, 1.165) is 0 Å². The zero-order valence-electron chi connectivity index (χ0n) is 9.51. The fourth-order valence-electron chi connectivity index (χ4n) is 0.497. The van der Waals surface area contributed by atoms with Crippen LogP contribution in [0.3, 0.4) is 0 Å². The largest absolute Gasteiger partial charge is 0.241 e. The predicted octanol–water partition coefficient (Wildman–Crippen LogP) is 4.30. The summed E-state index contributed by atoms with van der Waals surface area (Å²) < 4.78 is 13.1. The van der Waals surface area contributed by atoms with Crippen LogP contribution >= 0.6 is 15.9 Å². The van der Waals surface area contributed by atoms with Crippen LogP contribution in [0.15, 0.2) is 16.7 Å².